The summed E-state index contributed by atoms with van der Waals surface area (Å²) in [5.74, 6) is -0.0896. The largest absolute Gasteiger partial charge is 0.385 e. The van der Waals surface area contributed by atoms with Gasteiger partial charge in [0.25, 0.3) is 5.91 Å². The molecule has 1 N–H and O–H groups in total. The first-order chi connectivity index (χ1) is 11.5. The SMILES string of the molecule is COCCCNS(=O)(=O)c1ccc(SC)c(C(=O)N2CCCC2)c1. The minimum absolute atomic E-state index is 0.0896. The number of benzene rings is 1. The summed E-state index contributed by atoms with van der Waals surface area (Å²) in [7, 11) is -2.06. The first-order valence-electron chi connectivity index (χ1n) is 7.95. The van der Waals surface area contributed by atoms with E-state index in [2.05, 4.69) is 4.72 Å². The van der Waals surface area contributed by atoms with Gasteiger partial charge in [-0.1, -0.05) is 0 Å². The van der Waals surface area contributed by atoms with Gasteiger partial charge in [0.2, 0.25) is 10.0 Å². The third-order valence-electron chi connectivity index (χ3n) is 3.92. The molecule has 0 aromatic heterocycles. The van der Waals surface area contributed by atoms with Crippen LogP contribution in [0.25, 0.3) is 0 Å². The van der Waals surface area contributed by atoms with Crippen LogP contribution in [-0.4, -0.2) is 58.8 Å². The highest BCUT2D eigenvalue weighted by atomic mass is 32.2. The number of ether oxygens (including phenoxy) is 1. The molecule has 1 aromatic carbocycles. The Labute approximate surface area is 148 Å². The molecule has 1 aliphatic rings. The predicted molar refractivity (Wildman–Crippen MR) is 95.0 cm³/mol. The number of carbonyl (C=O) groups is 1. The van der Waals surface area contributed by atoms with Crippen molar-refractivity contribution in [3.05, 3.63) is 23.8 Å². The highest BCUT2D eigenvalue weighted by molar-refractivity contribution is 7.98. The Morgan fingerprint density at radius 2 is 2.04 bits per heavy atom. The Morgan fingerprint density at radius 3 is 2.67 bits per heavy atom. The predicted octanol–water partition coefficient (Wildman–Crippen LogP) is 1.96. The molecule has 1 heterocycles. The summed E-state index contributed by atoms with van der Waals surface area (Å²) in [5, 5.41) is 0. The molecule has 0 saturated carbocycles. The van der Waals surface area contributed by atoms with Gasteiger partial charge in [-0.3, -0.25) is 4.79 Å². The first-order valence-corrected chi connectivity index (χ1v) is 10.7. The zero-order chi connectivity index (χ0) is 17.6. The monoisotopic (exact) mass is 372 g/mol. The highest BCUT2D eigenvalue weighted by Crippen LogP contribution is 2.26. The van der Waals surface area contributed by atoms with E-state index in [-0.39, 0.29) is 10.8 Å². The number of sulfonamides is 1. The molecule has 0 radical (unpaired) electrons. The van der Waals surface area contributed by atoms with Gasteiger partial charge in [-0.2, -0.15) is 0 Å². The van der Waals surface area contributed by atoms with Gasteiger partial charge in [-0.15, -0.1) is 11.8 Å². The van der Waals surface area contributed by atoms with E-state index < -0.39 is 10.0 Å². The van der Waals surface area contributed by atoms with Crippen molar-refractivity contribution in [2.45, 2.75) is 29.1 Å². The number of nitrogens with zero attached hydrogens (tertiary/aromatic N) is 1. The summed E-state index contributed by atoms with van der Waals surface area (Å²) >= 11 is 1.45. The summed E-state index contributed by atoms with van der Waals surface area (Å²) in [6.45, 7) is 2.26. The van der Waals surface area contributed by atoms with Crippen LogP contribution in [0.4, 0.5) is 0 Å². The van der Waals surface area contributed by atoms with Crippen LogP contribution < -0.4 is 4.72 Å². The van der Waals surface area contributed by atoms with E-state index in [9.17, 15) is 13.2 Å². The summed E-state index contributed by atoms with van der Waals surface area (Å²) in [5.41, 5.74) is 0.462. The summed E-state index contributed by atoms with van der Waals surface area (Å²) in [4.78, 5) is 15.4. The molecule has 2 rings (SSSR count). The van der Waals surface area contributed by atoms with E-state index in [0.717, 1.165) is 30.8 Å². The Balaban J connectivity index is 2.22. The Bertz CT molecular complexity index is 671. The highest BCUT2D eigenvalue weighted by Gasteiger charge is 2.24. The second kappa shape index (κ2) is 8.84. The van der Waals surface area contributed by atoms with Crippen LogP contribution in [0.15, 0.2) is 28.0 Å². The zero-order valence-corrected chi connectivity index (χ0v) is 15.7. The summed E-state index contributed by atoms with van der Waals surface area (Å²) < 4.78 is 32.3. The maximum atomic E-state index is 12.7. The number of hydrogen-bond donors (Lipinski definition) is 1. The molecular weight excluding hydrogens is 348 g/mol. The average Bonchev–Trinajstić information content (AvgIpc) is 3.12. The third kappa shape index (κ3) is 4.72. The van der Waals surface area contributed by atoms with Crippen molar-refractivity contribution in [3.8, 4) is 0 Å². The van der Waals surface area contributed by atoms with Crippen LogP contribution in [0.2, 0.25) is 0 Å². The van der Waals surface area contributed by atoms with E-state index in [1.54, 1.807) is 24.1 Å². The van der Waals surface area contributed by atoms with E-state index >= 15 is 0 Å². The number of nitrogens with one attached hydrogen (secondary N) is 1. The minimum Gasteiger partial charge on any atom is -0.385 e. The van der Waals surface area contributed by atoms with Crippen LogP contribution >= 0.6 is 11.8 Å². The Hall–Kier alpha value is -1.09. The molecule has 0 bridgehead atoms. The molecule has 8 heteroatoms. The summed E-state index contributed by atoms with van der Waals surface area (Å²) in [6.07, 6.45) is 4.48. The zero-order valence-electron chi connectivity index (χ0n) is 14.1. The summed E-state index contributed by atoms with van der Waals surface area (Å²) in [6, 6.07) is 4.74. The topological polar surface area (TPSA) is 75.7 Å². The number of amides is 1. The molecule has 6 nitrogen and oxygen atoms in total. The van der Waals surface area contributed by atoms with Gasteiger partial charge in [0.1, 0.15) is 0 Å². The Morgan fingerprint density at radius 1 is 1.33 bits per heavy atom. The molecule has 1 aliphatic heterocycles. The lowest BCUT2D eigenvalue weighted by molar-refractivity contribution is 0.0789. The van der Waals surface area contributed by atoms with Gasteiger partial charge < -0.3 is 9.64 Å². The standard InChI is InChI=1S/C16H24N2O4S2/c1-22-11-5-8-17-24(20,21)13-6-7-15(23-2)14(12-13)16(19)18-9-3-4-10-18/h6-7,12,17H,3-5,8-11H2,1-2H3. The van der Waals surface area contributed by atoms with Gasteiger partial charge in [0.15, 0.2) is 0 Å². The fourth-order valence-electron chi connectivity index (χ4n) is 2.62. The molecule has 1 amide bonds. The van der Waals surface area contributed by atoms with Crippen LogP contribution in [0.3, 0.4) is 0 Å². The lowest BCUT2D eigenvalue weighted by Gasteiger charge is -2.18. The van der Waals surface area contributed by atoms with E-state index in [1.807, 2.05) is 6.26 Å². The lowest BCUT2D eigenvalue weighted by Crippen LogP contribution is -2.29. The van der Waals surface area contributed by atoms with Crippen LogP contribution in [-0.2, 0) is 14.8 Å². The maximum Gasteiger partial charge on any atom is 0.255 e. The molecule has 0 atom stereocenters. The van der Waals surface area contributed by atoms with Crippen molar-refractivity contribution in [3.63, 3.8) is 0 Å². The fraction of sp³-hybridized carbons (Fsp3) is 0.562. The number of methoxy groups -OCH3 is 1. The van der Waals surface area contributed by atoms with Gasteiger partial charge in [-0.05, 0) is 43.7 Å². The van der Waals surface area contributed by atoms with Gasteiger partial charge in [0, 0.05) is 38.2 Å². The van der Waals surface area contributed by atoms with Crippen molar-refractivity contribution in [2.75, 3.05) is 39.6 Å². The molecule has 24 heavy (non-hydrogen) atoms. The van der Waals surface area contributed by atoms with Gasteiger partial charge in [-0.25, -0.2) is 13.1 Å². The van der Waals surface area contributed by atoms with Crippen LogP contribution in [0.5, 0.6) is 0 Å². The normalized spacial score (nSPS) is 15.0. The van der Waals surface area contributed by atoms with Crippen LogP contribution in [0.1, 0.15) is 29.6 Å². The molecule has 1 aromatic rings. The number of carbonyl (C=O) groups excluding carboxylic acids is 1. The van der Waals surface area contributed by atoms with E-state index in [4.69, 9.17) is 4.74 Å². The molecule has 0 unspecified atom stereocenters. The van der Waals surface area contributed by atoms with Crippen LogP contribution in [0, 0.1) is 0 Å². The minimum atomic E-state index is -3.63. The van der Waals surface area contributed by atoms with E-state index in [0.29, 0.717) is 25.1 Å². The molecule has 0 spiro atoms. The number of rotatable bonds is 8. The van der Waals surface area contributed by atoms with E-state index in [1.165, 1.54) is 17.8 Å². The van der Waals surface area contributed by atoms with Crippen molar-refractivity contribution in [1.82, 2.24) is 9.62 Å². The third-order valence-corrected chi connectivity index (χ3v) is 6.18. The second-order valence-electron chi connectivity index (χ2n) is 5.61. The smallest absolute Gasteiger partial charge is 0.255 e. The average molecular weight is 373 g/mol. The van der Waals surface area contributed by atoms with Crippen molar-refractivity contribution in [2.24, 2.45) is 0 Å². The first kappa shape index (κ1) is 19.2. The number of thioether (sulfide) groups is 1. The fourth-order valence-corrected chi connectivity index (χ4v) is 4.29. The second-order valence-corrected chi connectivity index (χ2v) is 8.22. The molecule has 1 saturated heterocycles. The molecule has 134 valence electrons. The molecule has 1 fully saturated rings. The quantitative estimate of drug-likeness (QED) is 0.558. The lowest BCUT2D eigenvalue weighted by atomic mass is 10.2. The van der Waals surface area contributed by atoms with Crippen molar-refractivity contribution in [1.29, 1.82) is 0 Å². The number of hydrogen-bond acceptors (Lipinski definition) is 5. The van der Waals surface area contributed by atoms with Crippen molar-refractivity contribution < 1.29 is 17.9 Å². The maximum absolute atomic E-state index is 12.7. The number of likely N-dealkylation sites (tertiary alicyclic amines) is 1. The molecular formula is C16H24N2O4S2. The van der Waals surface area contributed by atoms with Gasteiger partial charge in [0.05, 0.1) is 10.5 Å². The Kier molecular flexibility index (Phi) is 7.09. The van der Waals surface area contributed by atoms with Crippen molar-refractivity contribution >= 4 is 27.7 Å². The van der Waals surface area contributed by atoms with Gasteiger partial charge >= 0.3 is 0 Å². The molecule has 0 aliphatic carbocycles.